The van der Waals surface area contributed by atoms with Crippen molar-refractivity contribution in [2.75, 3.05) is 0 Å². The van der Waals surface area contributed by atoms with Gasteiger partial charge in [-0.05, 0) is 33.3 Å². The summed E-state index contributed by atoms with van der Waals surface area (Å²) in [7, 11) is 0.248. The lowest BCUT2D eigenvalue weighted by Gasteiger charge is -2.33. The van der Waals surface area contributed by atoms with Gasteiger partial charge in [-0.3, -0.25) is 0 Å². The summed E-state index contributed by atoms with van der Waals surface area (Å²) in [5.41, 5.74) is 6.06. The summed E-state index contributed by atoms with van der Waals surface area (Å²) in [6.07, 6.45) is 0. The van der Waals surface area contributed by atoms with Gasteiger partial charge in [-0.2, -0.15) is 0 Å². The minimum atomic E-state index is -1.60. The van der Waals surface area contributed by atoms with Crippen LogP contribution in [-0.4, -0.2) is 21.4 Å². The Morgan fingerprint density at radius 1 is 0.917 bits per heavy atom. The van der Waals surface area contributed by atoms with E-state index in [9.17, 15) is 0 Å². The molecule has 0 aliphatic carbocycles. The Balaban J connectivity index is 2.04. The highest BCUT2D eigenvalue weighted by Gasteiger charge is 2.52. The van der Waals surface area contributed by atoms with Crippen molar-refractivity contribution in [1.29, 1.82) is 0 Å². The molecule has 4 rings (SSSR count). The number of hydrogen-bond acceptors (Lipinski definition) is 0. The van der Waals surface area contributed by atoms with Gasteiger partial charge in [0.15, 0.2) is 0 Å². The highest BCUT2D eigenvalue weighted by Crippen LogP contribution is 2.48. The molecule has 2 atom stereocenters. The lowest BCUT2D eigenvalue weighted by molar-refractivity contribution is 0.775. The van der Waals surface area contributed by atoms with E-state index in [0.29, 0.717) is 11.1 Å². The fourth-order valence-corrected chi connectivity index (χ4v) is 13.4. The van der Waals surface area contributed by atoms with E-state index in [2.05, 4.69) is 92.4 Å². The zero-order chi connectivity index (χ0) is 17.1. The van der Waals surface area contributed by atoms with Gasteiger partial charge in [0, 0.05) is 18.3 Å². The number of benzene rings is 2. The summed E-state index contributed by atoms with van der Waals surface area (Å²) in [4.78, 5) is 0. The van der Waals surface area contributed by atoms with Crippen molar-refractivity contribution >= 4 is 33.0 Å². The zero-order valence-electron chi connectivity index (χ0n) is 15.3. The Kier molecular flexibility index (Phi) is 3.62. The van der Waals surface area contributed by atoms with Crippen LogP contribution in [0.3, 0.4) is 0 Å². The second kappa shape index (κ2) is 5.46. The summed E-state index contributed by atoms with van der Waals surface area (Å²) in [6, 6.07) is 20.4. The number of aryl methyl sites for hydroxylation is 1. The van der Waals surface area contributed by atoms with Gasteiger partial charge in [-0.25, -0.2) is 0 Å². The van der Waals surface area contributed by atoms with E-state index in [1.807, 2.05) is 0 Å². The lowest BCUT2D eigenvalue weighted by atomic mass is 10.1. The SMILES string of the molecule is Cn1c2c(c3ccccc31)[Si](C)(C)[C@@H](c1ccccc1)[C@@H]2[Si](C)C. The maximum atomic E-state index is 2.60. The molecule has 3 aromatic rings. The largest absolute Gasteiger partial charge is 0.348 e. The molecular formula is C21H26NSi2. The smallest absolute Gasteiger partial charge is 0.0915 e. The van der Waals surface area contributed by atoms with E-state index in [1.54, 1.807) is 16.4 Å². The Bertz CT molecular complexity index is 893. The standard InChI is InChI=1S/C21H26NSi2/c1-22-17-14-10-9-13-16(17)21-18(22)19(23(2)3)20(24(21,4)5)15-11-7-6-8-12-15/h6-14,19-20H,1-5H3/t19-,20+/m1/s1. The minimum Gasteiger partial charge on any atom is -0.348 e. The van der Waals surface area contributed by atoms with E-state index >= 15 is 0 Å². The molecule has 1 aromatic heterocycles. The van der Waals surface area contributed by atoms with E-state index in [4.69, 9.17) is 0 Å². The monoisotopic (exact) mass is 348 g/mol. The Hall–Kier alpha value is -1.59. The fraction of sp³-hybridized carbons (Fsp3) is 0.333. The van der Waals surface area contributed by atoms with E-state index in [-0.39, 0.29) is 0 Å². The molecule has 0 N–H and O–H groups in total. The van der Waals surface area contributed by atoms with Gasteiger partial charge < -0.3 is 4.57 Å². The second-order valence-corrected chi connectivity index (χ2v) is 15.3. The molecule has 3 heteroatoms. The first-order chi connectivity index (χ1) is 11.4. The molecule has 0 amide bonds. The average Bonchev–Trinajstić information content (AvgIpc) is 3.00. The first-order valence-electron chi connectivity index (χ1n) is 8.87. The molecule has 123 valence electrons. The van der Waals surface area contributed by atoms with E-state index < -0.39 is 16.9 Å². The molecule has 24 heavy (non-hydrogen) atoms. The molecule has 1 aliphatic heterocycles. The number of hydrogen-bond donors (Lipinski definition) is 0. The summed E-state index contributed by atoms with van der Waals surface area (Å²) in [5.74, 6) is 0. The predicted octanol–water partition coefficient (Wildman–Crippen LogP) is 4.81. The topological polar surface area (TPSA) is 4.93 Å². The third-order valence-electron chi connectivity index (χ3n) is 5.98. The maximum Gasteiger partial charge on any atom is 0.0915 e. The minimum absolute atomic E-state index is 0.445. The molecule has 0 spiro atoms. The van der Waals surface area contributed by atoms with Crippen LogP contribution in [0.5, 0.6) is 0 Å². The number of aromatic nitrogens is 1. The van der Waals surface area contributed by atoms with E-state index in [0.717, 1.165) is 0 Å². The third-order valence-corrected chi connectivity index (χ3v) is 12.2. The van der Waals surface area contributed by atoms with Crippen LogP contribution in [0.4, 0.5) is 0 Å². The van der Waals surface area contributed by atoms with Gasteiger partial charge in [-0.1, -0.05) is 74.7 Å². The van der Waals surface area contributed by atoms with Crippen molar-refractivity contribution in [3.63, 3.8) is 0 Å². The summed E-state index contributed by atoms with van der Waals surface area (Å²) in [6.45, 7) is 10.2. The van der Waals surface area contributed by atoms with Crippen molar-refractivity contribution in [3.05, 3.63) is 65.9 Å². The number of fused-ring (bicyclic) bond motifs is 3. The van der Waals surface area contributed by atoms with Crippen LogP contribution in [0.2, 0.25) is 26.2 Å². The van der Waals surface area contributed by atoms with Crippen molar-refractivity contribution in [3.8, 4) is 0 Å². The van der Waals surface area contributed by atoms with Crippen LogP contribution in [0, 0.1) is 0 Å². The lowest BCUT2D eigenvalue weighted by Crippen LogP contribution is -2.44. The Labute approximate surface area is 147 Å². The van der Waals surface area contributed by atoms with Crippen molar-refractivity contribution < 1.29 is 0 Å². The van der Waals surface area contributed by atoms with Gasteiger partial charge in [0.05, 0.1) is 16.9 Å². The third kappa shape index (κ3) is 2.04. The Morgan fingerprint density at radius 2 is 1.54 bits per heavy atom. The molecule has 1 aliphatic rings. The first-order valence-corrected chi connectivity index (χ1v) is 14.5. The molecule has 0 saturated carbocycles. The van der Waals surface area contributed by atoms with Crippen molar-refractivity contribution in [1.82, 2.24) is 4.57 Å². The number of para-hydroxylation sites is 1. The molecule has 2 heterocycles. The summed E-state index contributed by atoms with van der Waals surface area (Å²) in [5, 5.41) is 3.24. The molecule has 0 saturated heterocycles. The van der Waals surface area contributed by atoms with Crippen LogP contribution >= 0.6 is 0 Å². The average molecular weight is 349 g/mol. The van der Waals surface area contributed by atoms with Gasteiger partial charge in [0.1, 0.15) is 0 Å². The highest BCUT2D eigenvalue weighted by atomic mass is 28.3. The van der Waals surface area contributed by atoms with E-state index in [1.165, 1.54) is 10.9 Å². The van der Waals surface area contributed by atoms with Crippen LogP contribution in [0.15, 0.2) is 54.6 Å². The zero-order valence-corrected chi connectivity index (χ0v) is 17.3. The Morgan fingerprint density at radius 3 is 2.21 bits per heavy atom. The molecule has 0 bridgehead atoms. The molecule has 2 aromatic carbocycles. The quantitative estimate of drug-likeness (QED) is 0.586. The van der Waals surface area contributed by atoms with Crippen LogP contribution in [0.25, 0.3) is 10.9 Å². The molecule has 0 unspecified atom stereocenters. The van der Waals surface area contributed by atoms with Gasteiger partial charge in [0.2, 0.25) is 0 Å². The summed E-state index contributed by atoms with van der Waals surface area (Å²) < 4.78 is 2.52. The molecule has 1 radical (unpaired) electrons. The van der Waals surface area contributed by atoms with Crippen LogP contribution in [0.1, 0.15) is 22.3 Å². The van der Waals surface area contributed by atoms with Crippen molar-refractivity contribution in [2.45, 2.75) is 37.3 Å². The number of nitrogens with zero attached hydrogens (tertiary/aromatic N) is 1. The predicted molar refractivity (Wildman–Crippen MR) is 109 cm³/mol. The van der Waals surface area contributed by atoms with Gasteiger partial charge in [-0.15, -0.1) is 0 Å². The second-order valence-electron chi connectivity index (χ2n) is 8.00. The van der Waals surface area contributed by atoms with Gasteiger partial charge in [0.25, 0.3) is 0 Å². The normalized spacial score (nSPS) is 22.2. The number of rotatable bonds is 2. The van der Waals surface area contributed by atoms with Crippen molar-refractivity contribution in [2.24, 2.45) is 7.05 Å². The van der Waals surface area contributed by atoms with Crippen LogP contribution < -0.4 is 5.19 Å². The highest BCUT2D eigenvalue weighted by molar-refractivity contribution is 6.95. The molecular weight excluding hydrogens is 322 g/mol. The summed E-state index contributed by atoms with van der Waals surface area (Å²) >= 11 is 0. The van der Waals surface area contributed by atoms with Crippen LogP contribution in [-0.2, 0) is 7.05 Å². The molecule has 0 fully saturated rings. The fourth-order valence-electron chi connectivity index (χ4n) is 5.06. The van der Waals surface area contributed by atoms with Gasteiger partial charge >= 0.3 is 0 Å². The first kappa shape index (κ1) is 15.9. The molecule has 1 nitrogen and oxygen atoms in total. The maximum absolute atomic E-state index is 2.60.